The lowest BCUT2D eigenvalue weighted by Gasteiger charge is -2.18. The number of hydrogen-bond donors (Lipinski definition) is 0. The summed E-state index contributed by atoms with van der Waals surface area (Å²) in [6.07, 6.45) is 86.3. The first kappa shape index (κ1) is 73.6. The second-order valence-electron chi connectivity index (χ2n) is 22.0. The van der Waals surface area contributed by atoms with Crippen molar-refractivity contribution in [1.29, 1.82) is 0 Å². The molecule has 0 heterocycles. The Kier molecular flexibility index (Phi) is 62.2. The minimum atomic E-state index is -0.781. The third-order valence-corrected chi connectivity index (χ3v) is 14.4. The molecule has 1 unspecified atom stereocenters. The van der Waals surface area contributed by atoms with Gasteiger partial charge in [0.25, 0.3) is 0 Å². The fourth-order valence-electron chi connectivity index (χ4n) is 9.44. The van der Waals surface area contributed by atoms with Crippen LogP contribution in [0, 0.1) is 0 Å². The summed E-state index contributed by atoms with van der Waals surface area (Å²) in [7, 11) is 0. The SMILES string of the molecule is CC/C=C\C/C=C\C/C=C\C/C=C\CCCCCCCCC(=O)OC(COC(=O)CCCCCCCCC)COC(=O)CCCCCCCCCCCCCCCCCCCC/C=C\C/C=C\C/C=C\CCCCCCC. The van der Waals surface area contributed by atoms with E-state index in [1.54, 1.807) is 0 Å². The van der Waals surface area contributed by atoms with Crippen LogP contribution in [0.4, 0.5) is 0 Å². The lowest BCUT2D eigenvalue weighted by atomic mass is 10.0. The van der Waals surface area contributed by atoms with E-state index in [0.717, 1.165) is 109 Å². The number of ether oxygens (including phenoxy) is 3. The van der Waals surface area contributed by atoms with E-state index in [2.05, 4.69) is 106 Å². The lowest BCUT2D eigenvalue weighted by Crippen LogP contribution is -2.30. The molecule has 0 saturated carbocycles. The predicted molar refractivity (Wildman–Crippen MR) is 334 cm³/mol. The largest absolute Gasteiger partial charge is 0.462 e. The fourth-order valence-corrected chi connectivity index (χ4v) is 9.44. The normalized spacial score (nSPS) is 12.6. The molecule has 0 fully saturated rings. The van der Waals surface area contributed by atoms with E-state index in [0.29, 0.717) is 19.3 Å². The van der Waals surface area contributed by atoms with Crippen molar-refractivity contribution in [2.24, 2.45) is 0 Å². The van der Waals surface area contributed by atoms with Gasteiger partial charge in [-0.1, -0.05) is 298 Å². The van der Waals surface area contributed by atoms with E-state index in [4.69, 9.17) is 14.2 Å². The zero-order chi connectivity index (χ0) is 55.7. The second kappa shape index (κ2) is 65.1. The van der Waals surface area contributed by atoms with E-state index in [-0.39, 0.29) is 31.1 Å². The number of allylic oxidation sites excluding steroid dienone is 14. The quantitative estimate of drug-likeness (QED) is 0.0261. The van der Waals surface area contributed by atoms with E-state index in [1.165, 1.54) is 180 Å². The molecular formula is C71H124O6. The summed E-state index contributed by atoms with van der Waals surface area (Å²) in [4.78, 5) is 38.1. The number of esters is 3. The van der Waals surface area contributed by atoms with Crippen LogP contribution in [-0.2, 0) is 28.6 Å². The monoisotopic (exact) mass is 1070 g/mol. The van der Waals surface area contributed by atoms with Crippen molar-refractivity contribution >= 4 is 17.9 Å². The zero-order valence-corrected chi connectivity index (χ0v) is 51.0. The summed E-state index contributed by atoms with van der Waals surface area (Å²) >= 11 is 0. The highest BCUT2D eigenvalue weighted by Crippen LogP contribution is 2.17. The maximum atomic E-state index is 12.8. The standard InChI is InChI=1S/C71H124O6/c1-4-7-10-13-16-18-20-22-24-26-28-29-30-31-32-33-34-35-36-37-38-39-40-41-43-44-46-48-50-52-55-58-61-64-70(73)76-67-68(66-75-69(72)63-60-57-54-15-12-9-6-3)77-71(74)65-62-59-56-53-51-49-47-45-42-27-25-23-21-19-17-14-11-8-5-2/h8,11,17,19-20,22-23,25-26,28,30-31,42,45,68H,4-7,9-10,12-16,18,21,24,27,29,32-41,43-44,46-67H2,1-3H3/b11-8-,19-17-,22-20-,25-23-,28-26-,31-30-,45-42-. The predicted octanol–water partition coefficient (Wildman–Crippen LogP) is 22.7. The molecule has 0 aromatic carbocycles. The Morgan fingerprint density at radius 1 is 0.273 bits per heavy atom. The number of hydrogen-bond acceptors (Lipinski definition) is 6. The van der Waals surface area contributed by atoms with Crippen molar-refractivity contribution in [1.82, 2.24) is 0 Å². The van der Waals surface area contributed by atoms with Crippen molar-refractivity contribution in [3.63, 3.8) is 0 Å². The molecule has 0 rings (SSSR count). The Morgan fingerprint density at radius 2 is 0.506 bits per heavy atom. The average Bonchev–Trinajstić information content (AvgIpc) is 3.43. The van der Waals surface area contributed by atoms with Gasteiger partial charge in [0.2, 0.25) is 0 Å². The molecule has 6 nitrogen and oxygen atoms in total. The van der Waals surface area contributed by atoms with Gasteiger partial charge in [-0.15, -0.1) is 0 Å². The van der Waals surface area contributed by atoms with Gasteiger partial charge in [0.1, 0.15) is 13.2 Å². The Morgan fingerprint density at radius 3 is 0.792 bits per heavy atom. The van der Waals surface area contributed by atoms with Gasteiger partial charge in [-0.2, -0.15) is 0 Å². The number of carbonyl (C=O) groups is 3. The van der Waals surface area contributed by atoms with Gasteiger partial charge in [-0.05, 0) is 96.3 Å². The lowest BCUT2D eigenvalue weighted by molar-refractivity contribution is -0.167. The smallest absolute Gasteiger partial charge is 0.306 e. The van der Waals surface area contributed by atoms with Gasteiger partial charge in [0.15, 0.2) is 6.10 Å². The third kappa shape index (κ3) is 63.3. The van der Waals surface area contributed by atoms with Crippen LogP contribution in [0.15, 0.2) is 85.1 Å². The summed E-state index contributed by atoms with van der Waals surface area (Å²) in [6, 6.07) is 0. The van der Waals surface area contributed by atoms with E-state index >= 15 is 0 Å². The van der Waals surface area contributed by atoms with E-state index in [1.807, 2.05) is 0 Å². The molecule has 1 atom stereocenters. The van der Waals surface area contributed by atoms with Crippen LogP contribution >= 0.6 is 0 Å². The molecular weight excluding hydrogens is 949 g/mol. The van der Waals surface area contributed by atoms with Crippen molar-refractivity contribution in [2.45, 2.75) is 335 Å². The molecule has 0 amide bonds. The van der Waals surface area contributed by atoms with Crippen LogP contribution in [0.3, 0.4) is 0 Å². The highest BCUT2D eigenvalue weighted by molar-refractivity contribution is 5.71. The van der Waals surface area contributed by atoms with Gasteiger partial charge in [0, 0.05) is 19.3 Å². The van der Waals surface area contributed by atoms with Gasteiger partial charge in [-0.3, -0.25) is 14.4 Å². The summed E-state index contributed by atoms with van der Waals surface area (Å²) in [5.74, 6) is -0.888. The molecule has 0 spiro atoms. The Balaban J connectivity index is 4.04. The van der Waals surface area contributed by atoms with Crippen LogP contribution in [0.25, 0.3) is 0 Å². The molecule has 0 aromatic rings. The molecule has 0 saturated heterocycles. The molecule has 0 aliphatic rings. The van der Waals surface area contributed by atoms with Crippen molar-refractivity contribution < 1.29 is 28.6 Å². The Hall–Kier alpha value is -3.41. The first-order chi connectivity index (χ1) is 38.0. The minimum absolute atomic E-state index is 0.0793. The molecule has 0 aliphatic heterocycles. The molecule has 77 heavy (non-hydrogen) atoms. The molecule has 6 heteroatoms. The first-order valence-corrected chi connectivity index (χ1v) is 33.1. The third-order valence-electron chi connectivity index (χ3n) is 14.4. The first-order valence-electron chi connectivity index (χ1n) is 33.1. The van der Waals surface area contributed by atoms with Gasteiger partial charge in [0.05, 0.1) is 0 Å². The fraction of sp³-hybridized carbons (Fsp3) is 0.761. The maximum Gasteiger partial charge on any atom is 0.306 e. The van der Waals surface area contributed by atoms with Crippen LogP contribution < -0.4 is 0 Å². The van der Waals surface area contributed by atoms with Crippen molar-refractivity contribution in [3.05, 3.63) is 85.1 Å². The molecule has 0 aliphatic carbocycles. The summed E-state index contributed by atoms with van der Waals surface area (Å²) < 4.78 is 16.8. The molecule has 0 radical (unpaired) electrons. The second-order valence-corrected chi connectivity index (χ2v) is 22.0. The Labute approximate surface area is 477 Å². The maximum absolute atomic E-state index is 12.8. The van der Waals surface area contributed by atoms with Gasteiger partial charge < -0.3 is 14.2 Å². The molecule has 444 valence electrons. The zero-order valence-electron chi connectivity index (χ0n) is 51.0. The average molecular weight is 1070 g/mol. The van der Waals surface area contributed by atoms with Gasteiger partial charge >= 0.3 is 17.9 Å². The summed E-state index contributed by atoms with van der Waals surface area (Å²) in [5.41, 5.74) is 0. The number of carbonyl (C=O) groups excluding carboxylic acids is 3. The van der Waals surface area contributed by atoms with E-state index in [9.17, 15) is 14.4 Å². The molecule has 0 bridgehead atoms. The van der Waals surface area contributed by atoms with Gasteiger partial charge in [-0.25, -0.2) is 0 Å². The minimum Gasteiger partial charge on any atom is -0.462 e. The van der Waals surface area contributed by atoms with Crippen molar-refractivity contribution in [2.75, 3.05) is 13.2 Å². The van der Waals surface area contributed by atoms with E-state index < -0.39 is 6.10 Å². The molecule has 0 aromatic heterocycles. The van der Waals surface area contributed by atoms with Crippen LogP contribution in [0.5, 0.6) is 0 Å². The summed E-state index contributed by atoms with van der Waals surface area (Å²) in [6.45, 7) is 6.49. The highest BCUT2D eigenvalue weighted by atomic mass is 16.6. The Bertz CT molecular complexity index is 1470. The van der Waals surface area contributed by atoms with Crippen LogP contribution in [0.2, 0.25) is 0 Å². The van der Waals surface area contributed by atoms with Crippen molar-refractivity contribution in [3.8, 4) is 0 Å². The number of unbranched alkanes of at least 4 members (excludes halogenated alkanes) is 35. The van der Waals surface area contributed by atoms with Crippen LogP contribution in [-0.4, -0.2) is 37.2 Å². The molecule has 0 N–H and O–H groups in total. The number of rotatable bonds is 60. The topological polar surface area (TPSA) is 78.9 Å². The highest BCUT2D eigenvalue weighted by Gasteiger charge is 2.19. The van der Waals surface area contributed by atoms with Crippen LogP contribution in [0.1, 0.15) is 329 Å². The summed E-state index contributed by atoms with van der Waals surface area (Å²) in [5, 5.41) is 0.